The van der Waals surface area contributed by atoms with Crippen molar-refractivity contribution in [2.24, 2.45) is 0 Å². The Morgan fingerprint density at radius 3 is 1.12 bits per heavy atom. The van der Waals surface area contributed by atoms with Gasteiger partial charge in [-0.3, -0.25) is 14.4 Å². The predicted molar refractivity (Wildman–Crippen MR) is 256 cm³/mol. The maximum Gasteiger partial charge on any atom is 0.306 e. The van der Waals surface area contributed by atoms with Crippen LogP contribution in [0.15, 0.2) is 72.9 Å². The molecule has 0 aliphatic rings. The lowest BCUT2D eigenvalue weighted by atomic mass is 10.1. The van der Waals surface area contributed by atoms with E-state index in [0.29, 0.717) is 19.3 Å². The molecule has 0 saturated heterocycles. The highest BCUT2D eigenvalue weighted by Crippen LogP contribution is 2.13. The van der Waals surface area contributed by atoms with Crippen LogP contribution in [-0.2, 0) is 28.6 Å². The van der Waals surface area contributed by atoms with E-state index >= 15 is 0 Å². The van der Waals surface area contributed by atoms with Crippen LogP contribution in [0.2, 0.25) is 0 Å². The van der Waals surface area contributed by atoms with E-state index < -0.39 is 6.10 Å². The molecule has 0 spiro atoms. The van der Waals surface area contributed by atoms with Crippen molar-refractivity contribution in [2.75, 3.05) is 13.2 Å². The Hall–Kier alpha value is -3.15. The van der Waals surface area contributed by atoms with Crippen molar-refractivity contribution >= 4 is 17.9 Å². The van der Waals surface area contributed by atoms with Gasteiger partial charge in [-0.05, 0) is 89.9 Å². The van der Waals surface area contributed by atoms with E-state index in [0.717, 1.165) is 103 Å². The lowest BCUT2D eigenvalue weighted by Crippen LogP contribution is -2.30. The third-order valence-corrected chi connectivity index (χ3v) is 10.5. The molecule has 0 aromatic rings. The minimum Gasteiger partial charge on any atom is -0.462 e. The minimum atomic E-state index is -0.795. The van der Waals surface area contributed by atoms with Crippen LogP contribution in [0.5, 0.6) is 0 Å². The fourth-order valence-electron chi connectivity index (χ4n) is 6.72. The molecule has 0 N–H and O–H groups in total. The number of rotatable bonds is 44. The molecule has 1 atom stereocenters. The van der Waals surface area contributed by atoms with Crippen LogP contribution in [0.4, 0.5) is 0 Å². The molecule has 0 bridgehead atoms. The van der Waals surface area contributed by atoms with E-state index in [-0.39, 0.29) is 31.1 Å². The van der Waals surface area contributed by atoms with Crippen molar-refractivity contribution in [1.82, 2.24) is 0 Å². The van der Waals surface area contributed by atoms with Crippen LogP contribution in [0, 0.1) is 0 Å². The molecule has 0 radical (unpaired) electrons. The molecule has 1 unspecified atom stereocenters. The zero-order chi connectivity index (χ0) is 43.7. The second kappa shape index (κ2) is 48.5. The lowest BCUT2D eigenvalue weighted by molar-refractivity contribution is -0.167. The van der Waals surface area contributed by atoms with Crippen molar-refractivity contribution in [3.8, 4) is 0 Å². The van der Waals surface area contributed by atoms with Gasteiger partial charge in [0.2, 0.25) is 0 Å². The number of allylic oxidation sites excluding steroid dienone is 12. The molecular weight excluding hydrogens is 745 g/mol. The molecule has 0 rings (SSSR count). The Balaban J connectivity index is 4.45. The molecule has 0 saturated carbocycles. The summed E-state index contributed by atoms with van der Waals surface area (Å²) < 4.78 is 16.7. The van der Waals surface area contributed by atoms with Crippen LogP contribution >= 0.6 is 0 Å². The Bertz CT molecular complexity index is 1140. The van der Waals surface area contributed by atoms with Gasteiger partial charge < -0.3 is 14.2 Å². The van der Waals surface area contributed by atoms with Crippen molar-refractivity contribution in [1.29, 1.82) is 0 Å². The second-order valence-electron chi connectivity index (χ2n) is 16.4. The van der Waals surface area contributed by atoms with E-state index in [1.807, 2.05) is 0 Å². The normalized spacial score (nSPS) is 12.7. The van der Waals surface area contributed by atoms with Gasteiger partial charge in [-0.1, -0.05) is 196 Å². The van der Waals surface area contributed by atoms with E-state index in [4.69, 9.17) is 14.2 Å². The van der Waals surface area contributed by atoms with Gasteiger partial charge in [-0.25, -0.2) is 0 Å². The summed E-state index contributed by atoms with van der Waals surface area (Å²) in [6, 6.07) is 0. The number of hydrogen-bond acceptors (Lipinski definition) is 6. The Kier molecular flexibility index (Phi) is 46.0. The molecule has 0 heterocycles. The summed E-state index contributed by atoms with van der Waals surface area (Å²) in [6.07, 6.45) is 60.2. The number of unbranched alkanes of at least 4 members (excludes halogenated alkanes) is 24. The molecule has 0 fully saturated rings. The molecule has 6 heteroatoms. The molecule has 0 aromatic carbocycles. The first-order valence-electron chi connectivity index (χ1n) is 25.0. The first-order valence-corrected chi connectivity index (χ1v) is 25.0. The van der Waals surface area contributed by atoms with Crippen LogP contribution in [0.25, 0.3) is 0 Å². The van der Waals surface area contributed by atoms with Crippen LogP contribution in [-0.4, -0.2) is 37.2 Å². The van der Waals surface area contributed by atoms with Gasteiger partial charge in [0, 0.05) is 19.3 Å². The maximum absolute atomic E-state index is 12.8. The van der Waals surface area contributed by atoms with Gasteiger partial charge in [0.1, 0.15) is 13.2 Å². The highest BCUT2D eigenvalue weighted by atomic mass is 16.6. The summed E-state index contributed by atoms with van der Waals surface area (Å²) in [5.41, 5.74) is 0. The smallest absolute Gasteiger partial charge is 0.306 e. The van der Waals surface area contributed by atoms with Gasteiger partial charge in [0.25, 0.3) is 0 Å². The largest absolute Gasteiger partial charge is 0.462 e. The number of carbonyl (C=O) groups excluding carboxylic acids is 3. The summed E-state index contributed by atoms with van der Waals surface area (Å²) in [7, 11) is 0. The van der Waals surface area contributed by atoms with E-state index in [1.54, 1.807) is 0 Å². The average molecular weight is 837 g/mol. The minimum absolute atomic E-state index is 0.0947. The van der Waals surface area contributed by atoms with E-state index in [1.165, 1.54) is 89.9 Å². The summed E-state index contributed by atoms with van der Waals surface area (Å²) in [5.74, 6) is -0.943. The highest BCUT2D eigenvalue weighted by Gasteiger charge is 2.19. The quantitative estimate of drug-likeness (QED) is 0.0200. The number of ether oxygens (including phenoxy) is 3. The molecule has 6 nitrogen and oxygen atoms in total. The first-order chi connectivity index (χ1) is 29.5. The third-order valence-electron chi connectivity index (χ3n) is 10.5. The van der Waals surface area contributed by atoms with Gasteiger partial charge >= 0.3 is 17.9 Å². The van der Waals surface area contributed by atoms with Crippen LogP contribution in [0.3, 0.4) is 0 Å². The molecule has 0 amide bonds. The number of hydrogen-bond donors (Lipinski definition) is 0. The molecule has 344 valence electrons. The summed E-state index contributed by atoms with van der Waals surface area (Å²) in [6.45, 7) is 6.42. The predicted octanol–water partition coefficient (Wildman–Crippen LogP) is 16.3. The molecule has 0 aromatic heterocycles. The van der Waals surface area contributed by atoms with Crippen molar-refractivity contribution in [2.45, 2.75) is 239 Å². The highest BCUT2D eigenvalue weighted by molar-refractivity contribution is 5.71. The van der Waals surface area contributed by atoms with Crippen LogP contribution < -0.4 is 0 Å². The van der Waals surface area contributed by atoms with E-state index in [2.05, 4.69) is 93.7 Å². The Morgan fingerprint density at radius 1 is 0.350 bits per heavy atom. The number of carbonyl (C=O) groups is 3. The fraction of sp³-hybridized carbons (Fsp3) is 0.722. The topological polar surface area (TPSA) is 78.9 Å². The van der Waals surface area contributed by atoms with Gasteiger partial charge in [-0.2, -0.15) is 0 Å². The Morgan fingerprint density at radius 2 is 0.667 bits per heavy atom. The van der Waals surface area contributed by atoms with Gasteiger partial charge in [0.15, 0.2) is 6.10 Å². The van der Waals surface area contributed by atoms with Crippen LogP contribution in [0.1, 0.15) is 233 Å². The maximum atomic E-state index is 12.8. The van der Waals surface area contributed by atoms with Crippen molar-refractivity contribution < 1.29 is 28.6 Å². The summed E-state index contributed by atoms with van der Waals surface area (Å²) >= 11 is 0. The molecule has 0 aliphatic carbocycles. The summed E-state index contributed by atoms with van der Waals surface area (Å²) in [5, 5.41) is 0. The molecule has 60 heavy (non-hydrogen) atoms. The molecular formula is C54H92O6. The Labute approximate surface area is 370 Å². The SMILES string of the molecule is CC/C=C/C=C/C=C/CCCCCCCC(=O)OCC(COC(=O)CCCCCCCC/C=C/C=C/CCCCC)OC(=O)CCCCC/C=C/CCCCCCCCC. The summed E-state index contributed by atoms with van der Waals surface area (Å²) in [4.78, 5) is 37.9. The first kappa shape index (κ1) is 56.9. The monoisotopic (exact) mass is 837 g/mol. The standard InChI is InChI=1S/C54H92O6/c1-4-7-10-13-16-19-22-25-27-30-32-35-38-41-44-47-53(56)59-50-51(49-58-52(55)46-43-40-37-34-31-28-24-21-18-15-12-9-6-3)60-54(57)48-45-42-39-36-33-29-26-23-20-17-14-11-8-5-2/h9,12,15-16,18-19,21-22,24-25,29,33,51H,4-8,10-11,13-14,17,20,23,26-28,30-32,34-50H2,1-3H3/b12-9+,18-15+,19-16+,24-21+,25-22+,33-29+. The van der Waals surface area contributed by atoms with Gasteiger partial charge in [-0.15, -0.1) is 0 Å². The fourth-order valence-corrected chi connectivity index (χ4v) is 6.72. The second-order valence-corrected chi connectivity index (χ2v) is 16.4. The van der Waals surface area contributed by atoms with E-state index in [9.17, 15) is 14.4 Å². The zero-order valence-electron chi connectivity index (χ0n) is 39.2. The number of esters is 3. The van der Waals surface area contributed by atoms with Gasteiger partial charge in [0.05, 0.1) is 0 Å². The zero-order valence-corrected chi connectivity index (χ0v) is 39.2. The van der Waals surface area contributed by atoms with Crippen molar-refractivity contribution in [3.05, 3.63) is 72.9 Å². The lowest BCUT2D eigenvalue weighted by Gasteiger charge is -2.18. The molecule has 0 aliphatic heterocycles. The third kappa shape index (κ3) is 45.9. The van der Waals surface area contributed by atoms with Crippen molar-refractivity contribution in [3.63, 3.8) is 0 Å². The average Bonchev–Trinajstić information content (AvgIpc) is 3.24.